The van der Waals surface area contributed by atoms with Crippen LogP contribution in [0.5, 0.6) is 0 Å². The van der Waals surface area contributed by atoms with Gasteiger partial charge in [-0.15, -0.1) is 11.8 Å². The van der Waals surface area contributed by atoms with Crippen LogP contribution in [0, 0.1) is 17.8 Å². The minimum absolute atomic E-state index is 0.0156. The van der Waals surface area contributed by atoms with Crippen LogP contribution in [0.2, 0.25) is 0 Å². The van der Waals surface area contributed by atoms with Crippen LogP contribution in [-0.4, -0.2) is 50.4 Å². The molecule has 0 heterocycles. The largest absolute Gasteiger partial charge is 0.353 e. The number of nitrogens with zero attached hydrogens (tertiary/aromatic N) is 1. The van der Waals surface area contributed by atoms with Gasteiger partial charge in [0.05, 0.1) is 16.2 Å². The van der Waals surface area contributed by atoms with E-state index in [0.29, 0.717) is 17.2 Å². The Hall–Kier alpha value is -2.36. The Morgan fingerprint density at radius 2 is 1.77 bits per heavy atom. The van der Waals surface area contributed by atoms with Crippen LogP contribution in [0.3, 0.4) is 0 Å². The number of hydrogen-bond acceptors (Lipinski definition) is 5. The topological polar surface area (TPSA) is 95.6 Å². The quantitative estimate of drug-likeness (QED) is 0.488. The van der Waals surface area contributed by atoms with Gasteiger partial charge in [0.15, 0.2) is 0 Å². The van der Waals surface area contributed by atoms with E-state index in [2.05, 4.69) is 17.6 Å². The normalized spacial score (nSPS) is 22.2. The summed E-state index contributed by atoms with van der Waals surface area (Å²) in [7, 11) is -0.592. The summed E-state index contributed by atoms with van der Waals surface area (Å²) < 4.78 is 25.6. The van der Waals surface area contributed by atoms with E-state index in [0.717, 1.165) is 21.0 Å². The Balaban J connectivity index is 1.34. The lowest BCUT2D eigenvalue weighted by atomic mass is 9.84. The van der Waals surface area contributed by atoms with E-state index in [9.17, 15) is 18.0 Å². The molecule has 0 aromatic heterocycles. The van der Waals surface area contributed by atoms with Crippen molar-refractivity contribution >= 4 is 39.3 Å². The minimum Gasteiger partial charge on any atom is -0.353 e. The molecule has 2 aliphatic carbocycles. The van der Waals surface area contributed by atoms with E-state index in [4.69, 9.17) is 0 Å². The van der Waals surface area contributed by atoms with Crippen LogP contribution in [0.4, 0.5) is 5.69 Å². The van der Waals surface area contributed by atoms with Crippen LogP contribution in [0.15, 0.2) is 58.3 Å². The van der Waals surface area contributed by atoms with Crippen LogP contribution < -0.4 is 10.6 Å². The molecule has 4 rings (SSSR count). The number of thioether (sulfide) groups is 1. The standard InChI is InChI=1S/C26H33N3O4S2/c1-17(23-15-18-8-9-19(23)14-18)27-25(30)16-34-24-7-5-4-6-22(24)26(31)28-20-10-12-21(13-11-20)35(32,33)29(2)3/h4-7,10-13,17-19,23H,8-9,14-16H2,1-3H3,(H,27,30)(H,28,31). The molecule has 0 radical (unpaired) electrons. The molecule has 2 aromatic rings. The van der Waals surface area contributed by atoms with Gasteiger partial charge in [-0.25, -0.2) is 12.7 Å². The molecule has 7 nitrogen and oxygen atoms in total. The maximum Gasteiger partial charge on any atom is 0.256 e. The molecule has 0 spiro atoms. The minimum atomic E-state index is -3.53. The molecular formula is C26H33N3O4S2. The lowest BCUT2D eigenvalue weighted by Gasteiger charge is -2.28. The fourth-order valence-corrected chi connectivity index (χ4v) is 7.11. The molecule has 2 fully saturated rings. The molecule has 188 valence electrons. The monoisotopic (exact) mass is 515 g/mol. The third-order valence-corrected chi connectivity index (χ3v) is 10.1. The van der Waals surface area contributed by atoms with Crippen molar-refractivity contribution in [2.45, 2.75) is 48.4 Å². The summed E-state index contributed by atoms with van der Waals surface area (Å²) in [6, 6.07) is 13.4. The molecule has 0 aliphatic heterocycles. The maximum absolute atomic E-state index is 12.9. The van der Waals surface area contributed by atoms with Crippen molar-refractivity contribution in [2.75, 3.05) is 25.2 Å². The molecule has 2 amide bonds. The number of amides is 2. The number of nitrogens with one attached hydrogen (secondary N) is 2. The maximum atomic E-state index is 12.9. The average molecular weight is 516 g/mol. The van der Waals surface area contributed by atoms with Gasteiger partial charge in [-0.1, -0.05) is 18.6 Å². The molecule has 9 heteroatoms. The zero-order valence-corrected chi connectivity index (χ0v) is 22.0. The second-order valence-corrected chi connectivity index (χ2v) is 12.9. The summed E-state index contributed by atoms with van der Waals surface area (Å²) >= 11 is 1.35. The fourth-order valence-electron chi connectivity index (χ4n) is 5.35. The summed E-state index contributed by atoms with van der Waals surface area (Å²) in [5, 5.41) is 6.00. The molecule has 35 heavy (non-hydrogen) atoms. The lowest BCUT2D eigenvalue weighted by Crippen LogP contribution is -2.40. The SMILES string of the molecule is CC(NC(=O)CSc1ccccc1C(=O)Nc1ccc(S(=O)(=O)N(C)C)cc1)C1CC2CCC1C2. The van der Waals surface area contributed by atoms with Crippen LogP contribution in [-0.2, 0) is 14.8 Å². The van der Waals surface area contributed by atoms with Gasteiger partial charge in [0.2, 0.25) is 15.9 Å². The molecular weight excluding hydrogens is 482 g/mol. The Kier molecular flexibility index (Phi) is 7.88. The van der Waals surface area contributed by atoms with Gasteiger partial charge >= 0.3 is 0 Å². The van der Waals surface area contributed by atoms with Gasteiger partial charge in [0.25, 0.3) is 5.91 Å². The number of sulfonamides is 1. The highest BCUT2D eigenvalue weighted by molar-refractivity contribution is 8.00. The number of carbonyl (C=O) groups excluding carboxylic acids is 2. The highest BCUT2D eigenvalue weighted by atomic mass is 32.2. The van der Waals surface area contributed by atoms with Crippen LogP contribution in [0.25, 0.3) is 0 Å². The first-order valence-corrected chi connectivity index (χ1v) is 14.4. The number of anilines is 1. The number of rotatable bonds is 9. The Labute approximate surface area is 212 Å². The molecule has 4 unspecified atom stereocenters. The summed E-state index contributed by atoms with van der Waals surface area (Å²) in [5.74, 6) is 2.10. The van der Waals surface area contributed by atoms with Crippen molar-refractivity contribution in [3.8, 4) is 0 Å². The van der Waals surface area contributed by atoms with Gasteiger partial charge in [0.1, 0.15) is 0 Å². The van der Waals surface area contributed by atoms with Crippen molar-refractivity contribution in [2.24, 2.45) is 17.8 Å². The molecule has 2 N–H and O–H groups in total. The molecule has 4 atom stereocenters. The third-order valence-electron chi connectivity index (χ3n) is 7.20. The van der Waals surface area contributed by atoms with Gasteiger partial charge in [-0.05, 0) is 80.3 Å². The molecule has 2 aliphatic rings. The van der Waals surface area contributed by atoms with Crippen molar-refractivity contribution in [1.29, 1.82) is 0 Å². The van der Waals surface area contributed by atoms with Gasteiger partial charge in [-0.2, -0.15) is 0 Å². The number of carbonyl (C=O) groups is 2. The summed E-state index contributed by atoms with van der Waals surface area (Å²) in [6.45, 7) is 2.12. The third kappa shape index (κ3) is 5.90. The number of hydrogen-bond donors (Lipinski definition) is 2. The highest BCUT2D eigenvalue weighted by Gasteiger charge is 2.42. The molecule has 2 saturated carbocycles. The molecule has 0 saturated heterocycles. The van der Waals surface area contributed by atoms with E-state index in [1.807, 2.05) is 12.1 Å². The van der Waals surface area contributed by atoms with E-state index >= 15 is 0 Å². The fraction of sp³-hybridized carbons (Fsp3) is 0.462. The van der Waals surface area contributed by atoms with Crippen molar-refractivity contribution in [3.63, 3.8) is 0 Å². The second kappa shape index (κ2) is 10.7. The summed E-state index contributed by atoms with van der Waals surface area (Å²) in [4.78, 5) is 26.5. The predicted octanol–water partition coefficient (Wildman–Crippen LogP) is 4.22. The Morgan fingerprint density at radius 1 is 1.06 bits per heavy atom. The van der Waals surface area contributed by atoms with Crippen LogP contribution >= 0.6 is 11.8 Å². The van der Waals surface area contributed by atoms with E-state index in [1.165, 1.54) is 63.7 Å². The lowest BCUT2D eigenvalue weighted by molar-refractivity contribution is -0.119. The second-order valence-electron chi connectivity index (χ2n) is 9.75. The van der Waals surface area contributed by atoms with E-state index in [-0.39, 0.29) is 28.5 Å². The van der Waals surface area contributed by atoms with Gasteiger partial charge in [-0.3, -0.25) is 9.59 Å². The number of benzene rings is 2. The smallest absolute Gasteiger partial charge is 0.256 e. The van der Waals surface area contributed by atoms with E-state index < -0.39 is 10.0 Å². The van der Waals surface area contributed by atoms with Crippen molar-refractivity contribution < 1.29 is 18.0 Å². The molecule has 2 aromatic carbocycles. The Morgan fingerprint density at radius 3 is 2.40 bits per heavy atom. The summed E-state index contributed by atoms with van der Waals surface area (Å²) in [6.07, 6.45) is 5.18. The first kappa shape index (κ1) is 25.7. The zero-order valence-electron chi connectivity index (χ0n) is 20.4. The van der Waals surface area contributed by atoms with Crippen molar-refractivity contribution in [1.82, 2.24) is 9.62 Å². The van der Waals surface area contributed by atoms with Crippen LogP contribution in [0.1, 0.15) is 43.0 Å². The van der Waals surface area contributed by atoms with Gasteiger partial charge in [0, 0.05) is 30.7 Å². The average Bonchev–Trinajstić information content (AvgIpc) is 3.47. The summed E-state index contributed by atoms with van der Waals surface area (Å²) in [5.41, 5.74) is 0.960. The highest BCUT2D eigenvalue weighted by Crippen LogP contribution is 2.49. The molecule has 2 bridgehead atoms. The number of fused-ring (bicyclic) bond motifs is 2. The van der Waals surface area contributed by atoms with Crippen molar-refractivity contribution in [3.05, 3.63) is 54.1 Å². The van der Waals surface area contributed by atoms with E-state index in [1.54, 1.807) is 24.3 Å². The first-order valence-electron chi connectivity index (χ1n) is 12.0. The van der Waals surface area contributed by atoms with Gasteiger partial charge < -0.3 is 10.6 Å². The predicted molar refractivity (Wildman–Crippen MR) is 139 cm³/mol. The Bertz CT molecular complexity index is 1180. The first-order chi connectivity index (χ1) is 16.6. The zero-order chi connectivity index (χ0) is 25.2.